The molecular formula is C21H21N3O5. The fraction of sp³-hybridized carbons (Fsp3) is 0.571. The highest BCUT2D eigenvalue weighted by atomic mass is 16.5. The number of ether oxygens (including phenoxy) is 3. The first-order valence-electron chi connectivity index (χ1n) is 10.2. The Morgan fingerprint density at radius 3 is 2.72 bits per heavy atom. The van der Waals surface area contributed by atoms with E-state index in [0.29, 0.717) is 38.0 Å². The highest BCUT2D eigenvalue weighted by Gasteiger charge is 2.57. The Bertz CT molecular complexity index is 967. The van der Waals surface area contributed by atoms with Gasteiger partial charge >= 0.3 is 6.03 Å². The predicted octanol–water partition coefficient (Wildman–Crippen LogP) is 1.60. The molecule has 2 spiro atoms. The average Bonchev–Trinajstić information content (AvgIpc) is 3.02. The van der Waals surface area contributed by atoms with Gasteiger partial charge in [-0.3, -0.25) is 9.69 Å². The number of amides is 3. The van der Waals surface area contributed by atoms with Crippen molar-refractivity contribution in [2.45, 2.75) is 55.2 Å². The molecule has 2 saturated carbocycles. The highest BCUT2D eigenvalue weighted by Crippen LogP contribution is 2.59. The summed E-state index contributed by atoms with van der Waals surface area (Å²) >= 11 is 0. The molecule has 150 valence electrons. The average molecular weight is 395 g/mol. The lowest BCUT2D eigenvalue weighted by Crippen LogP contribution is -2.53. The Kier molecular flexibility index (Phi) is 3.32. The van der Waals surface area contributed by atoms with Gasteiger partial charge in [0.15, 0.2) is 0 Å². The van der Waals surface area contributed by atoms with E-state index in [9.17, 15) is 14.9 Å². The minimum Gasteiger partial charge on any atom is -0.492 e. The second-order valence-corrected chi connectivity index (χ2v) is 8.88. The summed E-state index contributed by atoms with van der Waals surface area (Å²) < 4.78 is 17.4. The molecule has 1 N–H and O–H groups in total. The third-order valence-corrected chi connectivity index (χ3v) is 7.03. The van der Waals surface area contributed by atoms with Gasteiger partial charge in [0.1, 0.15) is 23.1 Å². The molecule has 3 heterocycles. The van der Waals surface area contributed by atoms with Crippen LogP contribution in [0.15, 0.2) is 12.1 Å². The van der Waals surface area contributed by atoms with Crippen molar-refractivity contribution in [1.29, 1.82) is 5.26 Å². The van der Waals surface area contributed by atoms with Gasteiger partial charge in [-0.2, -0.15) is 5.26 Å². The van der Waals surface area contributed by atoms with Gasteiger partial charge in [-0.15, -0.1) is 0 Å². The molecule has 3 amide bonds. The zero-order valence-corrected chi connectivity index (χ0v) is 15.9. The highest BCUT2D eigenvalue weighted by molar-refractivity contribution is 6.07. The van der Waals surface area contributed by atoms with Crippen molar-refractivity contribution < 1.29 is 23.8 Å². The maximum absolute atomic E-state index is 12.8. The van der Waals surface area contributed by atoms with Crippen LogP contribution in [-0.2, 0) is 14.9 Å². The van der Waals surface area contributed by atoms with E-state index in [0.717, 1.165) is 29.9 Å². The lowest BCUT2D eigenvalue weighted by molar-refractivity contribution is -0.135. The summed E-state index contributed by atoms with van der Waals surface area (Å²) in [5.74, 6) is 1.29. The fourth-order valence-corrected chi connectivity index (χ4v) is 5.05. The molecule has 8 heteroatoms. The minimum absolute atomic E-state index is 0.0431. The molecule has 8 nitrogen and oxygen atoms in total. The number of nitrogens with zero attached hydrogens (tertiary/aromatic N) is 2. The molecule has 1 aromatic rings. The van der Waals surface area contributed by atoms with Crippen molar-refractivity contribution in [3.63, 3.8) is 0 Å². The zero-order valence-electron chi connectivity index (χ0n) is 15.9. The molecule has 1 atom stereocenters. The van der Waals surface area contributed by atoms with Gasteiger partial charge < -0.3 is 19.5 Å². The van der Waals surface area contributed by atoms with Gasteiger partial charge in [0.05, 0.1) is 24.8 Å². The topological polar surface area (TPSA) is 101 Å². The van der Waals surface area contributed by atoms with Crippen LogP contribution >= 0.6 is 0 Å². The Labute approximate surface area is 167 Å². The number of carbonyl (C=O) groups excluding carboxylic acids is 2. The lowest BCUT2D eigenvalue weighted by atomic mass is 9.86. The van der Waals surface area contributed by atoms with Gasteiger partial charge in [-0.25, -0.2) is 4.79 Å². The number of nitriles is 1. The maximum Gasteiger partial charge on any atom is 0.325 e. The number of benzene rings is 1. The Morgan fingerprint density at radius 2 is 2.03 bits per heavy atom. The smallest absolute Gasteiger partial charge is 0.325 e. The molecule has 1 aromatic carbocycles. The third-order valence-electron chi connectivity index (χ3n) is 7.03. The first-order valence-corrected chi connectivity index (χ1v) is 10.2. The molecule has 5 aliphatic rings. The maximum atomic E-state index is 12.8. The predicted molar refractivity (Wildman–Crippen MR) is 98.5 cm³/mol. The second kappa shape index (κ2) is 5.63. The van der Waals surface area contributed by atoms with E-state index >= 15 is 0 Å². The van der Waals surface area contributed by atoms with Crippen LogP contribution in [0.4, 0.5) is 4.79 Å². The van der Waals surface area contributed by atoms with Crippen LogP contribution in [0.1, 0.15) is 43.2 Å². The van der Waals surface area contributed by atoms with Crippen molar-refractivity contribution in [2.75, 3.05) is 19.8 Å². The number of rotatable bonds is 3. The number of hydrogen-bond acceptors (Lipinski definition) is 6. The van der Waals surface area contributed by atoms with Crippen LogP contribution in [0.5, 0.6) is 11.5 Å². The molecule has 2 aliphatic carbocycles. The van der Waals surface area contributed by atoms with Crippen molar-refractivity contribution in [3.8, 4) is 17.6 Å². The normalized spacial score (nSPS) is 33.3. The quantitative estimate of drug-likeness (QED) is 0.781. The number of hydrogen-bond donors (Lipinski definition) is 1. The number of fused-ring (bicyclic) bond motifs is 2. The molecule has 0 unspecified atom stereocenters. The Morgan fingerprint density at radius 1 is 1.21 bits per heavy atom. The van der Waals surface area contributed by atoms with Gasteiger partial charge in [-0.1, -0.05) is 0 Å². The van der Waals surface area contributed by atoms with Gasteiger partial charge in [0.25, 0.3) is 5.91 Å². The first kappa shape index (κ1) is 17.1. The molecular weight excluding hydrogens is 374 g/mol. The number of carbonyl (C=O) groups is 2. The van der Waals surface area contributed by atoms with E-state index in [2.05, 4.69) is 11.4 Å². The van der Waals surface area contributed by atoms with Crippen LogP contribution < -0.4 is 14.8 Å². The SMILES string of the molecule is N#Cc1cc2c(c(OC3CC(N4C(=O)N[C@@]5(CCOC5)C4=O)C3)c1)C1(CC1)CO2. The van der Waals surface area contributed by atoms with Crippen LogP contribution in [0, 0.1) is 11.3 Å². The minimum atomic E-state index is -0.874. The van der Waals surface area contributed by atoms with E-state index in [1.165, 1.54) is 4.90 Å². The standard InChI is InChI=1S/C21H21N3O5/c22-9-12-5-15-17(20(1-2-20)10-28-15)16(6-12)29-14-7-13(8-14)24-18(25)21(23-19(24)26)3-4-27-11-21/h5-6,13-14H,1-4,7-8,10-11H2,(H,23,26)/t13?,14?,21-/m1/s1. The second-order valence-electron chi connectivity index (χ2n) is 8.88. The Hall–Kier alpha value is -2.79. The molecule has 0 aromatic heterocycles. The summed E-state index contributed by atoms with van der Waals surface area (Å²) in [6.45, 7) is 1.38. The lowest BCUT2D eigenvalue weighted by Gasteiger charge is -2.40. The van der Waals surface area contributed by atoms with E-state index < -0.39 is 5.54 Å². The number of urea groups is 1. The molecule has 0 radical (unpaired) electrons. The fourth-order valence-electron chi connectivity index (χ4n) is 5.05. The zero-order chi connectivity index (χ0) is 19.8. The van der Waals surface area contributed by atoms with Crippen LogP contribution in [-0.4, -0.2) is 54.3 Å². The number of imide groups is 1. The first-order chi connectivity index (χ1) is 14.0. The summed E-state index contributed by atoms with van der Waals surface area (Å²) in [6.07, 6.45) is 3.76. The monoisotopic (exact) mass is 395 g/mol. The van der Waals surface area contributed by atoms with E-state index in [-0.39, 0.29) is 36.1 Å². The molecule has 3 aliphatic heterocycles. The molecule has 0 bridgehead atoms. The Balaban J connectivity index is 1.18. The van der Waals surface area contributed by atoms with Crippen LogP contribution in [0.2, 0.25) is 0 Å². The summed E-state index contributed by atoms with van der Waals surface area (Å²) in [5.41, 5.74) is 0.767. The number of nitrogens with one attached hydrogen (secondary N) is 1. The summed E-state index contributed by atoms with van der Waals surface area (Å²) in [5, 5.41) is 12.2. The van der Waals surface area contributed by atoms with Crippen LogP contribution in [0.3, 0.4) is 0 Å². The van der Waals surface area contributed by atoms with Gasteiger partial charge in [-0.05, 0) is 25.0 Å². The largest absolute Gasteiger partial charge is 0.492 e. The molecule has 6 rings (SSSR count). The van der Waals surface area contributed by atoms with E-state index in [1.807, 2.05) is 0 Å². The molecule has 4 fully saturated rings. The van der Waals surface area contributed by atoms with Crippen molar-refractivity contribution >= 4 is 11.9 Å². The van der Waals surface area contributed by atoms with E-state index in [4.69, 9.17) is 14.2 Å². The van der Waals surface area contributed by atoms with Gasteiger partial charge in [0, 0.05) is 42.9 Å². The van der Waals surface area contributed by atoms with Crippen molar-refractivity contribution in [1.82, 2.24) is 10.2 Å². The summed E-state index contributed by atoms with van der Waals surface area (Å²) in [4.78, 5) is 26.6. The molecule has 2 saturated heterocycles. The van der Waals surface area contributed by atoms with Crippen LogP contribution in [0.25, 0.3) is 0 Å². The third kappa shape index (κ3) is 2.34. The van der Waals surface area contributed by atoms with Crippen molar-refractivity contribution in [3.05, 3.63) is 23.3 Å². The summed E-state index contributed by atoms with van der Waals surface area (Å²) in [6, 6.07) is 5.25. The van der Waals surface area contributed by atoms with Crippen molar-refractivity contribution in [2.24, 2.45) is 0 Å². The van der Waals surface area contributed by atoms with Gasteiger partial charge in [0.2, 0.25) is 0 Å². The summed E-state index contributed by atoms with van der Waals surface area (Å²) in [7, 11) is 0. The molecule has 29 heavy (non-hydrogen) atoms. The van der Waals surface area contributed by atoms with E-state index in [1.54, 1.807) is 12.1 Å².